The summed E-state index contributed by atoms with van der Waals surface area (Å²) >= 11 is 0. The van der Waals surface area contributed by atoms with Crippen molar-refractivity contribution in [3.63, 3.8) is 0 Å². The summed E-state index contributed by atoms with van der Waals surface area (Å²) < 4.78 is 16.2. The van der Waals surface area contributed by atoms with Gasteiger partial charge in [0.15, 0.2) is 0 Å². The molecule has 172 valence electrons. The van der Waals surface area contributed by atoms with Gasteiger partial charge in [0.1, 0.15) is 53.0 Å². The van der Waals surface area contributed by atoms with Gasteiger partial charge >= 0.3 is 0 Å². The van der Waals surface area contributed by atoms with E-state index in [-0.39, 0.29) is 35.0 Å². The van der Waals surface area contributed by atoms with E-state index >= 15 is 0 Å². The molecule has 0 aromatic heterocycles. The number of aliphatic hydroxyl groups is 5. The number of benzene rings is 2. The number of ketones is 1. The van der Waals surface area contributed by atoms with Crippen LogP contribution in [0.25, 0.3) is 0 Å². The van der Waals surface area contributed by atoms with Gasteiger partial charge in [-0.1, -0.05) is 12.1 Å². The van der Waals surface area contributed by atoms with E-state index in [0.717, 1.165) is 12.1 Å². The van der Waals surface area contributed by atoms with E-state index in [2.05, 4.69) is 0 Å². The second kappa shape index (κ2) is 8.20. The van der Waals surface area contributed by atoms with Crippen LogP contribution in [0.2, 0.25) is 0 Å². The molecule has 2 heterocycles. The first-order chi connectivity index (χ1) is 15.1. The van der Waals surface area contributed by atoms with Crippen molar-refractivity contribution in [3.8, 4) is 23.0 Å². The van der Waals surface area contributed by atoms with Gasteiger partial charge in [-0.25, -0.2) is 0 Å². The molecule has 11 nitrogen and oxygen atoms in total. The molecule has 0 aliphatic carbocycles. The van der Waals surface area contributed by atoms with E-state index < -0.39 is 48.9 Å². The van der Waals surface area contributed by atoms with Gasteiger partial charge in [-0.05, 0) is 17.7 Å². The number of phenolic OH excluding ortho intramolecular Hbond substituents is 2. The monoisotopic (exact) mass is 450 g/mol. The van der Waals surface area contributed by atoms with Crippen LogP contribution in [0.5, 0.6) is 23.0 Å². The number of carbonyl (C=O) groups is 1. The third-order valence-corrected chi connectivity index (χ3v) is 5.38. The lowest BCUT2D eigenvalue weighted by Crippen LogP contribution is -2.60. The first-order valence-corrected chi connectivity index (χ1v) is 9.71. The molecule has 0 unspecified atom stereocenters. The number of phenols is 2. The largest absolute Gasteiger partial charge is 0.508 e. The summed E-state index contributed by atoms with van der Waals surface area (Å²) in [5.41, 5.74) is 0.244. The summed E-state index contributed by atoms with van der Waals surface area (Å²) in [7, 11) is 0. The van der Waals surface area contributed by atoms with Gasteiger partial charge in [0, 0.05) is 18.6 Å². The number of aliphatic hydroxyl groups excluding tert-OH is 4. The van der Waals surface area contributed by atoms with Gasteiger partial charge < -0.3 is 50.0 Å². The number of Topliss-reactive ketones (excluding diaryl/α,β-unsaturated/α-hetero) is 1. The van der Waals surface area contributed by atoms with Gasteiger partial charge in [-0.3, -0.25) is 4.79 Å². The van der Waals surface area contributed by atoms with Crippen molar-refractivity contribution in [1.82, 2.24) is 0 Å². The minimum Gasteiger partial charge on any atom is -0.508 e. The summed E-state index contributed by atoms with van der Waals surface area (Å²) in [6.07, 6.45) is -8.21. The maximum Gasteiger partial charge on any atom is 0.277 e. The lowest BCUT2D eigenvalue weighted by molar-refractivity contribution is -0.277. The van der Waals surface area contributed by atoms with Crippen molar-refractivity contribution >= 4 is 5.78 Å². The predicted octanol–water partition coefficient (Wildman–Crippen LogP) is -1.22. The molecule has 2 aliphatic rings. The minimum atomic E-state index is -2.33. The molecule has 6 atom stereocenters. The fraction of sp³-hybridized carbons (Fsp3) is 0.381. The molecule has 0 spiro atoms. The Morgan fingerprint density at radius 3 is 2.31 bits per heavy atom. The van der Waals surface area contributed by atoms with Crippen LogP contribution >= 0.6 is 0 Å². The highest BCUT2D eigenvalue weighted by Gasteiger charge is 2.50. The standard InChI is InChI=1S/C21H22O11/c22-8-14-16(25)17(26)18(27)20(31-14)30-12-5-11(24)6-13-15(12)19(28)21(29,32-13)7-9-1-3-10(23)4-2-9/h1-6,14,16-18,20,22-27,29H,7-8H2/t14-,16-,17+,18-,20+,21+/m1/s1. The van der Waals surface area contributed by atoms with Gasteiger partial charge in [-0.15, -0.1) is 0 Å². The topological polar surface area (TPSA) is 186 Å². The van der Waals surface area contributed by atoms with Crippen LogP contribution in [0, 0.1) is 0 Å². The van der Waals surface area contributed by atoms with Crippen molar-refractivity contribution in [1.29, 1.82) is 0 Å². The lowest BCUT2D eigenvalue weighted by Gasteiger charge is -2.39. The van der Waals surface area contributed by atoms with Crippen LogP contribution < -0.4 is 9.47 Å². The number of aromatic hydroxyl groups is 2. The molecule has 1 saturated heterocycles. The molecule has 2 aromatic carbocycles. The Morgan fingerprint density at radius 2 is 1.66 bits per heavy atom. The lowest BCUT2D eigenvalue weighted by atomic mass is 9.97. The van der Waals surface area contributed by atoms with Crippen LogP contribution in [0.3, 0.4) is 0 Å². The summed E-state index contributed by atoms with van der Waals surface area (Å²) in [4.78, 5) is 13.1. The number of hydrogen-bond acceptors (Lipinski definition) is 11. The molecule has 2 aromatic rings. The molecular weight excluding hydrogens is 428 g/mol. The van der Waals surface area contributed by atoms with E-state index in [9.17, 15) is 40.5 Å². The summed E-state index contributed by atoms with van der Waals surface area (Å²) in [6, 6.07) is 7.89. The molecule has 1 fully saturated rings. The van der Waals surface area contributed by atoms with Crippen molar-refractivity contribution in [2.24, 2.45) is 0 Å². The summed E-state index contributed by atoms with van der Waals surface area (Å²) in [5, 5.41) is 69.7. The third kappa shape index (κ3) is 3.86. The van der Waals surface area contributed by atoms with Gasteiger partial charge in [0.25, 0.3) is 5.79 Å². The van der Waals surface area contributed by atoms with Crippen LogP contribution in [-0.4, -0.2) is 84.6 Å². The van der Waals surface area contributed by atoms with E-state index in [0.29, 0.717) is 5.56 Å². The van der Waals surface area contributed by atoms with Crippen molar-refractivity contribution in [2.45, 2.75) is 42.9 Å². The average Bonchev–Trinajstić information content (AvgIpc) is 2.99. The number of carbonyl (C=O) groups excluding carboxylic acids is 1. The van der Waals surface area contributed by atoms with E-state index in [1.54, 1.807) is 0 Å². The maximum absolute atomic E-state index is 13.1. The van der Waals surface area contributed by atoms with Crippen LogP contribution in [0.15, 0.2) is 36.4 Å². The van der Waals surface area contributed by atoms with E-state index in [4.69, 9.17) is 14.2 Å². The Bertz CT molecular complexity index is 1010. The molecule has 0 bridgehead atoms. The first kappa shape index (κ1) is 22.3. The molecular formula is C21H22O11. The number of ether oxygens (including phenoxy) is 3. The highest BCUT2D eigenvalue weighted by molar-refractivity contribution is 6.09. The molecule has 11 heteroatoms. The number of fused-ring (bicyclic) bond motifs is 1. The second-order valence-electron chi connectivity index (χ2n) is 7.69. The Labute approximate surface area is 181 Å². The van der Waals surface area contributed by atoms with Crippen LogP contribution in [-0.2, 0) is 11.2 Å². The Kier molecular flexibility index (Phi) is 5.71. The third-order valence-electron chi connectivity index (χ3n) is 5.38. The smallest absolute Gasteiger partial charge is 0.277 e. The molecule has 32 heavy (non-hydrogen) atoms. The zero-order valence-electron chi connectivity index (χ0n) is 16.5. The van der Waals surface area contributed by atoms with Crippen molar-refractivity contribution < 1.29 is 54.8 Å². The average molecular weight is 450 g/mol. The highest BCUT2D eigenvalue weighted by Crippen LogP contribution is 2.44. The van der Waals surface area contributed by atoms with Crippen LogP contribution in [0.4, 0.5) is 0 Å². The Balaban J connectivity index is 1.63. The van der Waals surface area contributed by atoms with Crippen molar-refractivity contribution in [3.05, 3.63) is 47.5 Å². The SMILES string of the molecule is O=C1c2c(O[C@H]3O[C@H](CO)[C@@H](O)[C@H](O)[C@H]3O)cc(O)cc2O[C@@]1(O)Cc1ccc(O)cc1. The summed E-state index contributed by atoms with van der Waals surface area (Å²) in [5.74, 6) is -4.10. The van der Waals surface area contributed by atoms with Gasteiger partial charge in [0.05, 0.1) is 6.61 Å². The number of rotatable bonds is 5. The zero-order valence-corrected chi connectivity index (χ0v) is 16.5. The normalized spacial score (nSPS) is 31.8. The molecule has 0 amide bonds. The van der Waals surface area contributed by atoms with Crippen molar-refractivity contribution in [2.75, 3.05) is 6.61 Å². The molecule has 4 rings (SSSR count). The minimum absolute atomic E-state index is 0.00262. The molecule has 2 aliphatic heterocycles. The first-order valence-electron chi connectivity index (χ1n) is 9.71. The van der Waals surface area contributed by atoms with E-state index in [1.165, 1.54) is 24.3 Å². The Hall–Kier alpha value is -2.93. The molecule has 7 N–H and O–H groups in total. The predicted molar refractivity (Wildman–Crippen MR) is 104 cm³/mol. The zero-order chi connectivity index (χ0) is 23.2. The second-order valence-corrected chi connectivity index (χ2v) is 7.69. The maximum atomic E-state index is 13.1. The fourth-order valence-electron chi connectivity index (χ4n) is 3.69. The molecule has 0 radical (unpaired) electrons. The molecule has 0 saturated carbocycles. The van der Waals surface area contributed by atoms with Gasteiger partial charge in [0.2, 0.25) is 12.1 Å². The Morgan fingerprint density at radius 1 is 0.969 bits per heavy atom. The van der Waals surface area contributed by atoms with Crippen LogP contribution in [0.1, 0.15) is 15.9 Å². The summed E-state index contributed by atoms with van der Waals surface area (Å²) in [6.45, 7) is -0.683. The fourth-order valence-corrected chi connectivity index (χ4v) is 3.69. The number of hydrogen-bond donors (Lipinski definition) is 7. The quantitative estimate of drug-likeness (QED) is 0.289. The van der Waals surface area contributed by atoms with E-state index in [1.807, 2.05) is 0 Å². The van der Waals surface area contributed by atoms with Gasteiger partial charge in [-0.2, -0.15) is 0 Å². The highest BCUT2D eigenvalue weighted by atomic mass is 16.7.